The summed E-state index contributed by atoms with van der Waals surface area (Å²) in [6.07, 6.45) is 2.04. The van der Waals surface area contributed by atoms with Gasteiger partial charge in [-0.3, -0.25) is 14.4 Å². The largest absolute Gasteiger partial charge is 0.376 e. The van der Waals surface area contributed by atoms with Crippen molar-refractivity contribution >= 4 is 29.1 Å². The summed E-state index contributed by atoms with van der Waals surface area (Å²) in [5.41, 5.74) is 3.43. The number of rotatable bonds is 8. The second-order valence-electron chi connectivity index (χ2n) is 9.68. The molecule has 0 spiro atoms. The number of amides is 3. The van der Waals surface area contributed by atoms with Crippen molar-refractivity contribution < 1.29 is 14.4 Å². The zero-order chi connectivity index (χ0) is 26.2. The fourth-order valence-electron chi connectivity index (χ4n) is 4.42. The molecule has 0 aromatic heterocycles. The molecule has 0 aliphatic carbocycles. The Hall–Kier alpha value is -4.13. The third kappa shape index (κ3) is 7.19. The van der Waals surface area contributed by atoms with Crippen molar-refractivity contribution in [1.82, 2.24) is 9.80 Å². The van der Waals surface area contributed by atoms with Gasteiger partial charge in [0.2, 0.25) is 5.91 Å². The van der Waals surface area contributed by atoms with Crippen LogP contribution in [0.5, 0.6) is 0 Å². The van der Waals surface area contributed by atoms with Gasteiger partial charge in [0.15, 0.2) is 0 Å². The maximum Gasteiger partial charge on any atom is 0.253 e. The lowest BCUT2D eigenvalue weighted by Crippen LogP contribution is -2.37. The Morgan fingerprint density at radius 2 is 1.51 bits per heavy atom. The van der Waals surface area contributed by atoms with Crippen LogP contribution in [0.1, 0.15) is 46.0 Å². The smallest absolute Gasteiger partial charge is 0.253 e. The summed E-state index contributed by atoms with van der Waals surface area (Å²) in [4.78, 5) is 41.9. The van der Waals surface area contributed by atoms with E-state index in [-0.39, 0.29) is 24.3 Å². The fourth-order valence-corrected chi connectivity index (χ4v) is 4.42. The average molecular weight is 499 g/mol. The second-order valence-corrected chi connectivity index (χ2v) is 9.68. The SMILES string of the molecule is CC1CCN(C(=O)c2cccc(NC(=O)CNc3cccc(C(=O)N(C)Cc4ccccc4)c3)c2)CC1. The van der Waals surface area contributed by atoms with E-state index in [1.165, 1.54) is 0 Å². The van der Waals surface area contributed by atoms with Crippen LogP contribution in [-0.4, -0.2) is 54.2 Å². The number of hydrogen-bond acceptors (Lipinski definition) is 4. The zero-order valence-corrected chi connectivity index (χ0v) is 21.4. The lowest BCUT2D eigenvalue weighted by Gasteiger charge is -2.30. The van der Waals surface area contributed by atoms with Crippen LogP contribution in [0.4, 0.5) is 11.4 Å². The van der Waals surface area contributed by atoms with Crippen LogP contribution in [0, 0.1) is 5.92 Å². The van der Waals surface area contributed by atoms with Gasteiger partial charge < -0.3 is 20.4 Å². The molecule has 4 rings (SSSR count). The lowest BCUT2D eigenvalue weighted by atomic mass is 9.98. The van der Waals surface area contributed by atoms with Gasteiger partial charge in [-0.15, -0.1) is 0 Å². The lowest BCUT2D eigenvalue weighted by molar-refractivity contribution is -0.114. The second kappa shape index (κ2) is 12.2. The van der Waals surface area contributed by atoms with Crippen LogP contribution in [0.15, 0.2) is 78.9 Å². The van der Waals surface area contributed by atoms with Gasteiger partial charge >= 0.3 is 0 Å². The topological polar surface area (TPSA) is 81.8 Å². The van der Waals surface area contributed by atoms with E-state index < -0.39 is 0 Å². The zero-order valence-electron chi connectivity index (χ0n) is 21.4. The molecule has 1 fully saturated rings. The van der Waals surface area contributed by atoms with Crippen LogP contribution >= 0.6 is 0 Å². The molecule has 3 amide bonds. The summed E-state index contributed by atoms with van der Waals surface area (Å²) in [6.45, 7) is 4.29. The van der Waals surface area contributed by atoms with E-state index in [0.29, 0.717) is 35.0 Å². The molecule has 1 saturated heterocycles. The first kappa shape index (κ1) is 25.9. The molecule has 3 aromatic rings. The Balaban J connectivity index is 1.30. The molecule has 0 bridgehead atoms. The van der Waals surface area contributed by atoms with Crippen LogP contribution < -0.4 is 10.6 Å². The third-order valence-electron chi connectivity index (χ3n) is 6.64. The maximum absolute atomic E-state index is 12.9. The van der Waals surface area contributed by atoms with Gasteiger partial charge in [-0.05, 0) is 60.7 Å². The molecule has 37 heavy (non-hydrogen) atoms. The van der Waals surface area contributed by atoms with Crippen molar-refractivity contribution in [2.75, 3.05) is 37.3 Å². The molecule has 1 aliphatic heterocycles. The number of nitrogens with one attached hydrogen (secondary N) is 2. The highest BCUT2D eigenvalue weighted by molar-refractivity contribution is 5.98. The maximum atomic E-state index is 12.9. The summed E-state index contributed by atoms with van der Waals surface area (Å²) >= 11 is 0. The molecular weight excluding hydrogens is 464 g/mol. The standard InChI is InChI=1S/C30H34N4O3/c1-22-14-16-34(17-15-22)30(37)25-11-7-13-27(19-25)32-28(35)20-31-26-12-6-10-24(18-26)29(36)33(2)21-23-8-4-3-5-9-23/h3-13,18-19,22,31H,14-17,20-21H2,1-2H3,(H,32,35). The number of nitrogens with zero attached hydrogens (tertiary/aromatic N) is 2. The minimum atomic E-state index is -0.241. The van der Waals surface area contributed by atoms with E-state index in [0.717, 1.165) is 31.5 Å². The molecule has 192 valence electrons. The summed E-state index contributed by atoms with van der Waals surface area (Å²) in [7, 11) is 1.77. The Labute approximate surface area is 218 Å². The first-order valence-corrected chi connectivity index (χ1v) is 12.7. The first-order valence-electron chi connectivity index (χ1n) is 12.7. The molecular formula is C30H34N4O3. The van der Waals surface area contributed by atoms with Crippen molar-refractivity contribution in [3.63, 3.8) is 0 Å². The van der Waals surface area contributed by atoms with Crippen molar-refractivity contribution in [3.05, 3.63) is 95.6 Å². The van der Waals surface area contributed by atoms with Crippen molar-refractivity contribution in [2.45, 2.75) is 26.3 Å². The number of hydrogen-bond donors (Lipinski definition) is 2. The fraction of sp³-hybridized carbons (Fsp3) is 0.300. The van der Waals surface area contributed by atoms with E-state index in [2.05, 4.69) is 17.6 Å². The first-order chi connectivity index (χ1) is 17.9. The summed E-state index contributed by atoms with van der Waals surface area (Å²) < 4.78 is 0. The van der Waals surface area contributed by atoms with Gasteiger partial charge in [0.25, 0.3) is 11.8 Å². The molecule has 7 nitrogen and oxygen atoms in total. The van der Waals surface area contributed by atoms with E-state index in [1.807, 2.05) is 41.3 Å². The Bertz CT molecular complexity index is 1240. The van der Waals surface area contributed by atoms with Crippen molar-refractivity contribution in [2.24, 2.45) is 5.92 Å². The number of anilines is 2. The number of benzene rings is 3. The number of piperidine rings is 1. The van der Waals surface area contributed by atoms with Gasteiger partial charge in [-0.25, -0.2) is 0 Å². The Morgan fingerprint density at radius 3 is 2.24 bits per heavy atom. The van der Waals surface area contributed by atoms with E-state index >= 15 is 0 Å². The molecule has 7 heteroatoms. The molecule has 0 saturated carbocycles. The quantitative estimate of drug-likeness (QED) is 0.464. The molecule has 0 radical (unpaired) electrons. The highest BCUT2D eigenvalue weighted by Crippen LogP contribution is 2.20. The monoisotopic (exact) mass is 498 g/mol. The van der Waals surface area contributed by atoms with Gasteiger partial charge in [0, 0.05) is 49.2 Å². The molecule has 2 N–H and O–H groups in total. The van der Waals surface area contributed by atoms with Crippen LogP contribution in [0.2, 0.25) is 0 Å². The minimum absolute atomic E-state index is 0.000150. The summed E-state index contributed by atoms with van der Waals surface area (Å²) in [6, 6.07) is 24.0. The van der Waals surface area contributed by atoms with Crippen LogP contribution in [0.3, 0.4) is 0 Å². The Morgan fingerprint density at radius 1 is 0.865 bits per heavy atom. The molecule has 1 heterocycles. The molecule has 0 unspecified atom stereocenters. The predicted molar refractivity (Wildman–Crippen MR) is 147 cm³/mol. The number of likely N-dealkylation sites (tertiary alicyclic amines) is 1. The van der Waals surface area contributed by atoms with Gasteiger partial charge in [-0.1, -0.05) is 49.4 Å². The highest BCUT2D eigenvalue weighted by Gasteiger charge is 2.21. The minimum Gasteiger partial charge on any atom is -0.376 e. The normalized spacial score (nSPS) is 13.6. The summed E-state index contributed by atoms with van der Waals surface area (Å²) in [5.74, 6) is 0.312. The van der Waals surface area contributed by atoms with E-state index in [1.54, 1.807) is 54.4 Å². The van der Waals surface area contributed by atoms with Crippen molar-refractivity contribution in [3.8, 4) is 0 Å². The number of carbonyl (C=O) groups is 3. The average Bonchev–Trinajstić information content (AvgIpc) is 2.92. The van der Waals surface area contributed by atoms with E-state index in [9.17, 15) is 14.4 Å². The van der Waals surface area contributed by atoms with Crippen LogP contribution in [0.25, 0.3) is 0 Å². The number of carbonyl (C=O) groups excluding carboxylic acids is 3. The van der Waals surface area contributed by atoms with Crippen LogP contribution in [-0.2, 0) is 11.3 Å². The van der Waals surface area contributed by atoms with Gasteiger partial charge in [0.1, 0.15) is 0 Å². The summed E-state index contributed by atoms with van der Waals surface area (Å²) in [5, 5.41) is 5.94. The molecule has 3 aromatic carbocycles. The molecule has 0 atom stereocenters. The predicted octanol–water partition coefficient (Wildman–Crippen LogP) is 4.88. The Kier molecular flexibility index (Phi) is 8.56. The van der Waals surface area contributed by atoms with Gasteiger partial charge in [-0.2, -0.15) is 0 Å². The van der Waals surface area contributed by atoms with Gasteiger partial charge in [0.05, 0.1) is 6.54 Å². The van der Waals surface area contributed by atoms with Crippen molar-refractivity contribution in [1.29, 1.82) is 0 Å². The molecule has 1 aliphatic rings. The van der Waals surface area contributed by atoms with E-state index in [4.69, 9.17) is 0 Å². The third-order valence-corrected chi connectivity index (χ3v) is 6.64. The highest BCUT2D eigenvalue weighted by atomic mass is 16.2.